The number of rotatable bonds is 3. The molecule has 0 N–H and O–H groups in total. The van der Waals surface area contributed by atoms with Crippen LogP contribution in [-0.4, -0.2) is 6.29 Å². The van der Waals surface area contributed by atoms with Gasteiger partial charge in [0.2, 0.25) is 0 Å². The third kappa shape index (κ3) is 4.83. The predicted molar refractivity (Wildman–Crippen MR) is 37.9 cm³/mol. The van der Waals surface area contributed by atoms with Crippen LogP contribution in [0.2, 0.25) is 0 Å². The summed E-state index contributed by atoms with van der Waals surface area (Å²) in [4.78, 5) is 9.98. The summed E-state index contributed by atoms with van der Waals surface area (Å²) in [6, 6.07) is 0. The van der Waals surface area contributed by atoms with E-state index in [1.807, 2.05) is 6.08 Å². The Bertz CT molecular complexity index is 148. The maximum Gasteiger partial charge on any atom is 0.145 e. The minimum absolute atomic E-state index is 0.713. The van der Waals surface area contributed by atoms with E-state index in [9.17, 15) is 4.79 Å². The second kappa shape index (κ2) is 5.11. The molecule has 9 heavy (non-hydrogen) atoms. The summed E-state index contributed by atoms with van der Waals surface area (Å²) in [5, 5.41) is 0. The zero-order valence-corrected chi connectivity index (χ0v) is 5.55. The maximum absolute atomic E-state index is 9.98. The molecule has 0 heterocycles. The van der Waals surface area contributed by atoms with Crippen LogP contribution in [0, 0.1) is 12.3 Å². The van der Waals surface area contributed by atoms with Crippen molar-refractivity contribution in [3.05, 3.63) is 11.6 Å². The van der Waals surface area contributed by atoms with Gasteiger partial charge < -0.3 is 0 Å². The molecule has 0 saturated heterocycles. The van der Waals surface area contributed by atoms with E-state index in [-0.39, 0.29) is 0 Å². The number of aldehydes is 1. The lowest BCUT2D eigenvalue weighted by Crippen LogP contribution is -1.75. The summed E-state index contributed by atoms with van der Waals surface area (Å²) in [5.74, 6) is 2.49. The zero-order valence-electron chi connectivity index (χ0n) is 5.55. The van der Waals surface area contributed by atoms with Gasteiger partial charge in [0, 0.05) is 6.42 Å². The van der Waals surface area contributed by atoms with Crippen molar-refractivity contribution in [3.8, 4) is 12.3 Å². The van der Waals surface area contributed by atoms with E-state index in [1.165, 1.54) is 0 Å². The SMILES string of the molecule is C#CCCC=C(C)C=O. The molecule has 0 saturated carbocycles. The molecule has 0 radical (unpaired) electrons. The molecule has 0 aromatic carbocycles. The van der Waals surface area contributed by atoms with Gasteiger partial charge in [-0.05, 0) is 18.9 Å². The maximum atomic E-state index is 9.98. The molecular formula is C8H10O. The van der Waals surface area contributed by atoms with Crippen molar-refractivity contribution in [1.82, 2.24) is 0 Å². The zero-order chi connectivity index (χ0) is 7.11. The normalized spacial score (nSPS) is 10.4. The highest BCUT2D eigenvalue weighted by Crippen LogP contribution is 1.93. The molecule has 0 aromatic rings. The highest BCUT2D eigenvalue weighted by atomic mass is 16.1. The molecule has 0 spiro atoms. The van der Waals surface area contributed by atoms with Crippen LogP contribution in [0.1, 0.15) is 19.8 Å². The van der Waals surface area contributed by atoms with E-state index in [0.717, 1.165) is 18.3 Å². The molecule has 0 aliphatic carbocycles. The summed E-state index contributed by atoms with van der Waals surface area (Å²) in [5.41, 5.74) is 0.755. The van der Waals surface area contributed by atoms with Crippen LogP contribution in [0.5, 0.6) is 0 Å². The van der Waals surface area contributed by atoms with E-state index in [2.05, 4.69) is 5.92 Å². The van der Waals surface area contributed by atoms with Crippen LogP contribution in [0.15, 0.2) is 11.6 Å². The topological polar surface area (TPSA) is 17.1 Å². The summed E-state index contributed by atoms with van der Waals surface area (Å²) in [6.07, 6.45) is 9.18. The molecule has 0 atom stereocenters. The monoisotopic (exact) mass is 122 g/mol. The van der Waals surface area contributed by atoms with Gasteiger partial charge in [-0.1, -0.05) is 6.08 Å². The van der Waals surface area contributed by atoms with Crippen LogP contribution in [0.25, 0.3) is 0 Å². The van der Waals surface area contributed by atoms with Crippen molar-refractivity contribution >= 4 is 6.29 Å². The number of unbranched alkanes of at least 4 members (excludes halogenated alkanes) is 1. The van der Waals surface area contributed by atoms with Gasteiger partial charge in [0.25, 0.3) is 0 Å². The molecule has 1 heteroatoms. The minimum atomic E-state index is 0.713. The fourth-order valence-electron chi connectivity index (χ4n) is 0.431. The van der Waals surface area contributed by atoms with Crippen LogP contribution in [0.3, 0.4) is 0 Å². The molecule has 0 unspecified atom stereocenters. The van der Waals surface area contributed by atoms with Crippen molar-refractivity contribution in [2.24, 2.45) is 0 Å². The molecule has 0 fully saturated rings. The van der Waals surface area contributed by atoms with Gasteiger partial charge in [0.15, 0.2) is 0 Å². The molecule has 1 nitrogen and oxygen atoms in total. The second-order valence-corrected chi connectivity index (χ2v) is 1.81. The summed E-state index contributed by atoms with van der Waals surface area (Å²) < 4.78 is 0. The second-order valence-electron chi connectivity index (χ2n) is 1.81. The Labute approximate surface area is 55.8 Å². The lowest BCUT2D eigenvalue weighted by Gasteiger charge is -1.84. The summed E-state index contributed by atoms with van der Waals surface area (Å²) >= 11 is 0. The van der Waals surface area contributed by atoms with Crippen molar-refractivity contribution in [2.45, 2.75) is 19.8 Å². The predicted octanol–water partition coefficient (Wildman–Crippen LogP) is 1.54. The van der Waals surface area contributed by atoms with Crippen LogP contribution in [0.4, 0.5) is 0 Å². The van der Waals surface area contributed by atoms with Gasteiger partial charge in [-0.25, -0.2) is 0 Å². The average molecular weight is 122 g/mol. The number of allylic oxidation sites excluding steroid dienone is 2. The molecule has 0 rings (SSSR count). The first-order valence-electron chi connectivity index (χ1n) is 2.86. The number of carbonyl (C=O) groups excluding carboxylic acids is 1. The third-order valence-corrected chi connectivity index (χ3v) is 0.941. The Morgan fingerprint density at radius 3 is 2.89 bits per heavy atom. The molecule has 0 bridgehead atoms. The molecule has 0 aromatic heterocycles. The first-order valence-corrected chi connectivity index (χ1v) is 2.86. The standard InChI is InChI=1S/C8H10O/c1-3-4-5-6-8(2)7-9/h1,6-7H,4-5H2,2H3. The molecule has 0 amide bonds. The summed E-state index contributed by atoms with van der Waals surface area (Å²) in [7, 11) is 0. The minimum Gasteiger partial charge on any atom is -0.298 e. The van der Waals surface area contributed by atoms with Crippen LogP contribution >= 0.6 is 0 Å². The van der Waals surface area contributed by atoms with E-state index >= 15 is 0 Å². The quantitative estimate of drug-likeness (QED) is 0.240. The molecule has 0 aliphatic rings. The Kier molecular flexibility index (Phi) is 4.53. The fourth-order valence-corrected chi connectivity index (χ4v) is 0.431. The average Bonchev–Trinajstić information content (AvgIpc) is 1.89. The lowest BCUT2D eigenvalue weighted by atomic mass is 10.2. The number of terminal acetylenes is 1. The Balaban J connectivity index is 3.46. The van der Waals surface area contributed by atoms with Crippen LogP contribution < -0.4 is 0 Å². The highest BCUT2D eigenvalue weighted by molar-refractivity contribution is 5.71. The molecule has 48 valence electrons. The molecule has 0 aliphatic heterocycles. The van der Waals surface area contributed by atoms with E-state index < -0.39 is 0 Å². The van der Waals surface area contributed by atoms with E-state index in [1.54, 1.807) is 6.92 Å². The van der Waals surface area contributed by atoms with E-state index in [0.29, 0.717) is 6.42 Å². The smallest absolute Gasteiger partial charge is 0.145 e. The van der Waals surface area contributed by atoms with Gasteiger partial charge in [0.05, 0.1) is 0 Å². The Hall–Kier alpha value is -1.03. The Morgan fingerprint density at radius 1 is 1.78 bits per heavy atom. The number of hydrogen-bond donors (Lipinski definition) is 0. The first-order chi connectivity index (χ1) is 4.31. The van der Waals surface area contributed by atoms with Gasteiger partial charge in [-0.2, -0.15) is 0 Å². The lowest BCUT2D eigenvalue weighted by molar-refractivity contribution is -0.104. The highest BCUT2D eigenvalue weighted by Gasteiger charge is 1.81. The van der Waals surface area contributed by atoms with Gasteiger partial charge in [0.1, 0.15) is 6.29 Å². The van der Waals surface area contributed by atoms with Gasteiger partial charge in [-0.3, -0.25) is 4.79 Å². The van der Waals surface area contributed by atoms with Crippen LogP contribution in [-0.2, 0) is 4.79 Å². The van der Waals surface area contributed by atoms with E-state index in [4.69, 9.17) is 6.42 Å². The number of hydrogen-bond acceptors (Lipinski definition) is 1. The van der Waals surface area contributed by atoms with Crippen molar-refractivity contribution in [1.29, 1.82) is 0 Å². The van der Waals surface area contributed by atoms with Crippen molar-refractivity contribution < 1.29 is 4.79 Å². The largest absolute Gasteiger partial charge is 0.298 e. The Morgan fingerprint density at radius 2 is 2.44 bits per heavy atom. The first kappa shape index (κ1) is 7.97. The van der Waals surface area contributed by atoms with Gasteiger partial charge in [-0.15, -0.1) is 12.3 Å². The van der Waals surface area contributed by atoms with Gasteiger partial charge >= 0.3 is 0 Å². The number of carbonyl (C=O) groups is 1. The summed E-state index contributed by atoms with van der Waals surface area (Å²) in [6.45, 7) is 1.77. The third-order valence-electron chi connectivity index (χ3n) is 0.941. The van der Waals surface area contributed by atoms with Crippen molar-refractivity contribution in [3.63, 3.8) is 0 Å². The molecular weight excluding hydrogens is 112 g/mol. The fraction of sp³-hybridized carbons (Fsp3) is 0.375. The van der Waals surface area contributed by atoms with Crippen molar-refractivity contribution in [2.75, 3.05) is 0 Å².